The van der Waals surface area contributed by atoms with Crippen molar-refractivity contribution in [2.75, 3.05) is 39.9 Å². The van der Waals surface area contributed by atoms with E-state index >= 15 is 0 Å². The molecule has 0 spiro atoms. The van der Waals surface area contributed by atoms with Crippen molar-refractivity contribution in [2.24, 2.45) is 0 Å². The van der Waals surface area contributed by atoms with Crippen LogP contribution >= 0.6 is 0 Å². The highest BCUT2D eigenvalue weighted by atomic mass is 16.5. The van der Waals surface area contributed by atoms with Crippen molar-refractivity contribution < 1.29 is 23.8 Å². The molecule has 0 aliphatic carbocycles. The minimum Gasteiger partial charge on any atom is -0.481 e. The number of likely N-dealkylation sites (tertiary alicyclic amines) is 2. The topological polar surface area (TPSA) is 106 Å². The summed E-state index contributed by atoms with van der Waals surface area (Å²) in [6, 6.07) is 9.53. The van der Waals surface area contributed by atoms with E-state index < -0.39 is 0 Å². The zero-order valence-electron chi connectivity index (χ0n) is 17.8. The lowest BCUT2D eigenvalue weighted by Gasteiger charge is -2.46. The largest absolute Gasteiger partial charge is 0.481 e. The number of benzene rings is 1. The minimum absolute atomic E-state index is 0.00370. The number of methoxy groups -OCH3 is 1. The summed E-state index contributed by atoms with van der Waals surface area (Å²) in [5, 5.41) is 2.94. The molecule has 168 valence electrons. The maximum atomic E-state index is 12.9. The Balaban J connectivity index is 1.13. The number of morpholine rings is 1. The summed E-state index contributed by atoms with van der Waals surface area (Å²) in [7, 11) is 1.54. The predicted molar refractivity (Wildman–Crippen MR) is 113 cm³/mol. The average Bonchev–Trinajstić information content (AvgIpc) is 2.78. The molecule has 1 unspecified atom stereocenters. The number of urea groups is 1. The first-order chi connectivity index (χ1) is 15.6. The van der Waals surface area contributed by atoms with Crippen molar-refractivity contribution in [3.05, 3.63) is 42.1 Å². The summed E-state index contributed by atoms with van der Waals surface area (Å²) in [6.07, 6.45) is 2.32. The van der Waals surface area contributed by atoms with Crippen molar-refractivity contribution in [1.29, 1.82) is 0 Å². The van der Waals surface area contributed by atoms with Crippen LogP contribution in [0.2, 0.25) is 0 Å². The van der Waals surface area contributed by atoms with Crippen LogP contribution in [0.1, 0.15) is 17.9 Å². The summed E-state index contributed by atoms with van der Waals surface area (Å²) in [5.41, 5.74) is 1.15. The lowest BCUT2D eigenvalue weighted by atomic mass is 9.91. The van der Waals surface area contributed by atoms with E-state index in [0.29, 0.717) is 37.8 Å². The Kier molecular flexibility index (Phi) is 5.52. The van der Waals surface area contributed by atoms with Crippen LogP contribution < -0.4 is 14.8 Å². The second-order valence-corrected chi connectivity index (χ2v) is 8.20. The Morgan fingerprint density at radius 2 is 1.97 bits per heavy atom. The van der Waals surface area contributed by atoms with Gasteiger partial charge in [-0.05, 0) is 24.1 Å². The van der Waals surface area contributed by atoms with Crippen LogP contribution in [-0.2, 0) is 9.53 Å². The summed E-state index contributed by atoms with van der Waals surface area (Å²) in [5.74, 6) is 1.24. The molecule has 5 rings (SSSR count). The van der Waals surface area contributed by atoms with Crippen molar-refractivity contribution in [1.82, 2.24) is 25.1 Å². The molecule has 3 aliphatic rings. The van der Waals surface area contributed by atoms with Gasteiger partial charge in [0.25, 0.3) is 0 Å². The SMILES string of the molecule is COc1ccnc(Oc2ccc(C3CN(C(=O)N4CCC5OCC(=O)N[C@@H]5C4)C3)cc2)n1. The highest BCUT2D eigenvalue weighted by Gasteiger charge is 2.40. The number of carbonyl (C=O) groups is 2. The standard InChI is InChI=1S/C22H25N5O5/c1-30-20-6-8-23-21(25-20)32-16-4-2-14(3-5-16)15-10-27(11-15)22(29)26-9-7-18-17(12-26)24-19(28)13-31-18/h2-6,8,15,17-18H,7,9-13H2,1H3,(H,24,28)/t17-,18?/m1/s1. The smallest absolute Gasteiger partial charge is 0.325 e. The van der Waals surface area contributed by atoms with Gasteiger partial charge >= 0.3 is 12.0 Å². The van der Waals surface area contributed by atoms with Crippen LogP contribution in [0.3, 0.4) is 0 Å². The maximum absolute atomic E-state index is 12.9. The number of rotatable bonds is 4. The molecular formula is C22H25N5O5. The molecule has 3 fully saturated rings. The Hall–Kier alpha value is -3.40. The molecule has 1 aromatic heterocycles. The quantitative estimate of drug-likeness (QED) is 0.767. The number of carbonyl (C=O) groups excluding carboxylic acids is 2. The van der Waals surface area contributed by atoms with Gasteiger partial charge in [-0.25, -0.2) is 9.78 Å². The van der Waals surface area contributed by atoms with Gasteiger partial charge in [0.2, 0.25) is 11.8 Å². The Labute approximate surface area is 185 Å². The van der Waals surface area contributed by atoms with E-state index in [2.05, 4.69) is 15.3 Å². The molecule has 10 heteroatoms. The lowest BCUT2D eigenvalue weighted by Crippen LogP contribution is -2.63. The summed E-state index contributed by atoms with van der Waals surface area (Å²) in [6.45, 7) is 2.60. The molecule has 2 aromatic rings. The molecule has 3 amide bonds. The van der Waals surface area contributed by atoms with E-state index in [1.165, 1.54) is 7.11 Å². The van der Waals surface area contributed by atoms with Crippen LogP contribution in [0.25, 0.3) is 0 Å². The number of amides is 3. The van der Waals surface area contributed by atoms with Crippen molar-refractivity contribution in [3.8, 4) is 17.6 Å². The second kappa shape index (κ2) is 8.62. The maximum Gasteiger partial charge on any atom is 0.325 e. The first-order valence-electron chi connectivity index (χ1n) is 10.7. The van der Waals surface area contributed by atoms with Crippen LogP contribution in [-0.4, -0.2) is 83.7 Å². The van der Waals surface area contributed by atoms with Gasteiger partial charge in [0.15, 0.2) is 0 Å². The van der Waals surface area contributed by atoms with Crippen LogP contribution in [0, 0.1) is 0 Å². The van der Waals surface area contributed by atoms with Gasteiger partial charge in [0.1, 0.15) is 12.4 Å². The van der Waals surface area contributed by atoms with E-state index in [1.807, 2.05) is 34.1 Å². The third-order valence-electron chi connectivity index (χ3n) is 6.12. The number of hydrogen-bond donors (Lipinski definition) is 1. The number of ether oxygens (including phenoxy) is 3. The molecule has 32 heavy (non-hydrogen) atoms. The zero-order valence-corrected chi connectivity index (χ0v) is 17.8. The fourth-order valence-electron chi connectivity index (χ4n) is 4.32. The minimum atomic E-state index is -0.118. The second-order valence-electron chi connectivity index (χ2n) is 8.20. The average molecular weight is 439 g/mol. The van der Waals surface area contributed by atoms with E-state index in [0.717, 1.165) is 12.0 Å². The first kappa shape index (κ1) is 20.5. The van der Waals surface area contributed by atoms with Gasteiger partial charge in [-0.2, -0.15) is 4.98 Å². The molecule has 1 N–H and O–H groups in total. The summed E-state index contributed by atoms with van der Waals surface area (Å²) in [4.78, 5) is 36.3. The van der Waals surface area contributed by atoms with E-state index in [4.69, 9.17) is 14.2 Å². The number of piperidine rings is 1. The van der Waals surface area contributed by atoms with Gasteiger partial charge in [0.05, 0.1) is 19.3 Å². The highest BCUT2D eigenvalue weighted by molar-refractivity contribution is 5.79. The Morgan fingerprint density at radius 1 is 1.16 bits per heavy atom. The molecule has 3 aliphatic heterocycles. The molecule has 0 radical (unpaired) electrons. The highest BCUT2D eigenvalue weighted by Crippen LogP contribution is 2.31. The normalized spacial score (nSPS) is 23.1. The number of nitrogens with one attached hydrogen (secondary N) is 1. The molecule has 3 saturated heterocycles. The summed E-state index contributed by atoms with van der Waals surface area (Å²) < 4.78 is 16.3. The number of aromatic nitrogens is 2. The van der Waals surface area contributed by atoms with Crippen molar-refractivity contribution >= 4 is 11.9 Å². The molecule has 10 nitrogen and oxygen atoms in total. The number of nitrogens with zero attached hydrogens (tertiary/aromatic N) is 4. The Bertz CT molecular complexity index is 994. The summed E-state index contributed by atoms with van der Waals surface area (Å²) >= 11 is 0. The van der Waals surface area contributed by atoms with E-state index in [9.17, 15) is 9.59 Å². The van der Waals surface area contributed by atoms with E-state index in [1.54, 1.807) is 12.3 Å². The molecule has 0 saturated carbocycles. The van der Waals surface area contributed by atoms with Crippen molar-refractivity contribution in [2.45, 2.75) is 24.5 Å². The number of fused-ring (bicyclic) bond motifs is 1. The molecular weight excluding hydrogens is 414 g/mol. The predicted octanol–water partition coefficient (Wildman–Crippen LogP) is 1.39. The fraction of sp³-hybridized carbons (Fsp3) is 0.455. The lowest BCUT2D eigenvalue weighted by molar-refractivity contribution is -0.139. The zero-order chi connectivity index (χ0) is 22.1. The van der Waals surface area contributed by atoms with Crippen molar-refractivity contribution in [3.63, 3.8) is 0 Å². The Morgan fingerprint density at radius 3 is 2.75 bits per heavy atom. The van der Waals surface area contributed by atoms with Gasteiger partial charge in [-0.3, -0.25) is 4.79 Å². The monoisotopic (exact) mass is 439 g/mol. The third-order valence-corrected chi connectivity index (χ3v) is 6.12. The van der Waals surface area contributed by atoms with Gasteiger partial charge in [-0.1, -0.05) is 12.1 Å². The first-order valence-corrected chi connectivity index (χ1v) is 10.7. The van der Waals surface area contributed by atoms with Crippen LogP contribution in [0.4, 0.5) is 4.79 Å². The fourth-order valence-corrected chi connectivity index (χ4v) is 4.32. The number of hydrogen-bond acceptors (Lipinski definition) is 7. The van der Waals surface area contributed by atoms with Gasteiger partial charge < -0.3 is 29.3 Å². The van der Waals surface area contributed by atoms with Crippen LogP contribution in [0.15, 0.2) is 36.5 Å². The third kappa shape index (κ3) is 4.18. The molecule has 2 atom stereocenters. The van der Waals surface area contributed by atoms with Crippen LogP contribution in [0.5, 0.6) is 17.6 Å². The van der Waals surface area contributed by atoms with Gasteiger partial charge in [-0.15, -0.1) is 0 Å². The molecule has 1 aromatic carbocycles. The van der Waals surface area contributed by atoms with Gasteiger partial charge in [0, 0.05) is 44.4 Å². The van der Waals surface area contributed by atoms with E-state index in [-0.39, 0.29) is 42.6 Å². The molecule has 0 bridgehead atoms. The molecule has 4 heterocycles.